The molecule has 7 heteroatoms. The second kappa shape index (κ2) is 11.1. The molecule has 0 N–H and O–H groups in total. The van der Waals surface area contributed by atoms with Gasteiger partial charge in [-0.2, -0.15) is 10.0 Å². The Bertz CT molecular complexity index is 3190. The minimum atomic E-state index is -1.36. The van der Waals surface area contributed by atoms with Crippen LogP contribution in [0, 0.1) is 0 Å². The topological polar surface area (TPSA) is 38.1 Å². The SMILES string of the molecule is CS1(C)c2ccccc2N2c3cc4c(oc5ccccc54)c4c3B(c3cccc1c32)N(c1ccc(-c2ccccc2)cc1)c1cc2c(cc1-4)Oc1ccccc1O2. The normalized spacial score (nSPS) is 15.4. The number of hydrogen-bond acceptors (Lipinski definition) is 5. The van der Waals surface area contributed by atoms with Crippen molar-refractivity contribution in [3.63, 3.8) is 0 Å². The number of furan rings is 1. The van der Waals surface area contributed by atoms with Crippen LogP contribution in [-0.4, -0.2) is 19.4 Å². The molecule has 0 saturated heterocycles. The van der Waals surface area contributed by atoms with Gasteiger partial charge in [0.15, 0.2) is 23.0 Å². The summed E-state index contributed by atoms with van der Waals surface area (Å²) in [6.45, 7) is -0.177. The molecule has 0 fully saturated rings. The molecule has 57 heavy (non-hydrogen) atoms. The molecule has 0 spiro atoms. The van der Waals surface area contributed by atoms with Crippen molar-refractivity contribution >= 4 is 78.2 Å². The average Bonchev–Trinajstić information content (AvgIpc) is 3.63. The van der Waals surface area contributed by atoms with Gasteiger partial charge in [-0.05, 0) is 95.2 Å². The number of nitrogens with zero attached hydrogens (tertiary/aromatic N) is 2. The van der Waals surface area contributed by atoms with E-state index in [1.54, 1.807) is 0 Å². The second-order valence-corrected chi connectivity index (χ2v) is 19.2. The van der Waals surface area contributed by atoms with Gasteiger partial charge in [0.1, 0.15) is 11.2 Å². The van der Waals surface area contributed by atoms with E-state index < -0.39 is 10.0 Å². The molecular weight excluding hydrogens is 719 g/mol. The van der Waals surface area contributed by atoms with Gasteiger partial charge >= 0.3 is 6.85 Å². The molecule has 0 unspecified atom stereocenters. The fourth-order valence-corrected chi connectivity index (χ4v) is 12.3. The molecule has 0 bridgehead atoms. The Labute approximate surface area is 331 Å². The summed E-state index contributed by atoms with van der Waals surface area (Å²) in [4.78, 5) is 7.88. The summed E-state index contributed by atoms with van der Waals surface area (Å²) in [6.07, 6.45) is 4.90. The van der Waals surface area contributed by atoms with Crippen molar-refractivity contribution in [2.45, 2.75) is 9.79 Å². The number of ether oxygens (including phenoxy) is 2. The molecule has 5 heterocycles. The highest BCUT2D eigenvalue weighted by Crippen LogP contribution is 2.68. The Balaban J connectivity index is 1.17. The van der Waals surface area contributed by atoms with Gasteiger partial charge in [0.2, 0.25) is 0 Å². The summed E-state index contributed by atoms with van der Waals surface area (Å²) in [5, 5.41) is 2.20. The molecule has 4 aliphatic rings. The average molecular weight is 753 g/mol. The van der Waals surface area contributed by atoms with E-state index in [0.717, 1.165) is 44.4 Å². The van der Waals surface area contributed by atoms with Gasteiger partial charge in [0, 0.05) is 54.8 Å². The number of para-hydroxylation sites is 5. The maximum absolute atomic E-state index is 6.98. The quantitative estimate of drug-likeness (QED) is 0.164. The van der Waals surface area contributed by atoms with Crippen LogP contribution in [0.15, 0.2) is 178 Å². The van der Waals surface area contributed by atoms with Gasteiger partial charge in [0.25, 0.3) is 0 Å². The third kappa shape index (κ3) is 4.16. The van der Waals surface area contributed by atoms with E-state index in [0.29, 0.717) is 23.0 Å². The number of rotatable bonds is 2. The van der Waals surface area contributed by atoms with Gasteiger partial charge < -0.3 is 23.6 Å². The fourth-order valence-electron chi connectivity index (χ4n) is 9.82. The first kappa shape index (κ1) is 31.4. The zero-order valence-corrected chi connectivity index (χ0v) is 32.0. The lowest BCUT2D eigenvalue weighted by atomic mass is 9.43. The summed E-state index contributed by atoms with van der Waals surface area (Å²) in [5.74, 6) is 2.77. The second-order valence-electron chi connectivity index (χ2n) is 15.6. The summed E-state index contributed by atoms with van der Waals surface area (Å²) < 4.78 is 20.3. The van der Waals surface area contributed by atoms with Crippen LogP contribution in [-0.2, 0) is 0 Å². The van der Waals surface area contributed by atoms with E-state index in [4.69, 9.17) is 13.9 Å². The Morgan fingerprint density at radius 3 is 2.04 bits per heavy atom. The molecule has 0 radical (unpaired) electrons. The predicted molar refractivity (Wildman–Crippen MR) is 235 cm³/mol. The van der Waals surface area contributed by atoms with Crippen molar-refractivity contribution < 1.29 is 13.9 Å². The first-order chi connectivity index (χ1) is 28.0. The van der Waals surface area contributed by atoms with Crippen molar-refractivity contribution in [1.29, 1.82) is 0 Å². The van der Waals surface area contributed by atoms with E-state index in [9.17, 15) is 0 Å². The van der Waals surface area contributed by atoms with Crippen LogP contribution in [0.1, 0.15) is 0 Å². The molecule has 0 saturated carbocycles. The van der Waals surface area contributed by atoms with Crippen LogP contribution in [0.25, 0.3) is 44.2 Å². The highest BCUT2D eigenvalue weighted by Gasteiger charge is 2.50. The van der Waals surface area contributed by atoms with Crippen LogP contribution in [0.5, 0.6) is 23.0 Å². The highest BCUT2D eigenvalue weighted by molar-refractivity contribution is 8.33. The Morgan fingerprint density at radius 1 is 0.526 bits per heavy atom. The zero-order chi connectivity index (χ0) is 37.6. The summed E-state index contributed by atoms with van der Waals surface area (Å²) in [6, 6.07) is 58.7. The smallest absolute Gasteiger partial charge is 0.333 e. The van der Waals surface area contributed by atoms with Crippen molar-refractivity contribution in [1.82, 2.24) is 0 Å². The van der Waals surface area contributed by atoms with Crippen LogP contribution >= 0.6 is 10.0 Å². The van der Waals surface area contributed by atoms with E-state index >= 15 is 0 Å². The van der Waals surface area contributed by atoms with Gasteiger partial charge in [-0.15, -0.1) is 0 Å². The molecular formula is C50H33BN2O3S. The number of hydrogen-bond donors (Lipinski definition) is 0. The number of fused-ring (bicyclic) bond motifs is 12. The molecule has 5 nitrogen and oxygen atoms in total. The third-order valence-electron chi connectivity index (χ3n) is 12.3. The maximum atomic E-state index is 6.98. The Hall–Kier alpha value is -6.83. The minimum Gasteiger partial charge on any atom is -0.455 e. The molecule has 9 aromatic rings. The standard InChI is InChI=1S/C50H33BN2O3S/c1-57(2)45-21-11-7-17-37(45)52-39-27-34-33-15-6-8-18-40(33)56-50(34)47-35-28-43-44(55-42-20-10-9-19-41(42)54-43)29-38(35)53(51(48(39)47)36-16-12-22-46(57)49(36)52)32-25-23-31(24-26-32)30-13-4-3-5-14-30/h3-29H,1-2H3. The summed E-state index contributed by atoms with van der Waals surface area (Å²) in [7, 11) is -1.36. The predicted octanol–water partition coefficient (Wildman–Crippen LogP) is 12.7. The first-order valence-electron chi connectivity index (χ1n) is 19.3. The molecule has 8 aromatic carbocycles. The van der Waals surface area contributed by atoms with E-state index in [1.807, 2.05) is 24.3 Å². The first-order valence-corrected chi connectivity index (χ1v) is 21.8. The van der Waals surface area contributed by atoms with Crippen molar-refractivity contribution in [2.24, 2.45) is 0 Å². The minimum absolute atomic E-state index is 0.177. The third-order valence-corrected chi connectivity index (χ3v) is 15.2. The van der Waals surface area contributed by atoms with Gasteiger partial charge in [0.05, 0.1) is 11.4 Å². The lowest BCUT2D eigenvalue weighted by Crippen LogP contribution is -2.62. The van der Waals surface area contributed by atoms with Crippen LogP contribution < -0.4 is 30.1 Å². The molecule has 270 valence electrons. The molecule has 0 amide bonds. The van der Waals surface area contributed by atoms with Gasteiger partial charge in [-0.25, -0.2) is 0 Å². The van der Waals surface area contributed by atoms with Crippen LogP contribution in [0.3, 0.4) is 0 Å². The van der Waals surface area contributed by atoms with Gasteiger partial charge in [-0.3, -0.25) is 0 Å². The molecule has 13 rings (SSSR count). The van der Waals surface area contributed by atoms with Crippen molar-refractivity contribution in [2.75, 3.05) is 22.2 Å². The fraction of sp³-hybridized carbons (Fsp3) is 0.0400. The van der Waals surface area contributed by atoms with Crippen LogP contribution in [0.4, 0.5) is 28.4 Å². The Morgan fingerprint density at radius 2 is 1.21 bits per heavy atom. The lowest BCUT2D eigenvalue weighted by Gasteiger charge is -2.51. The molecule has 0 atom stereocenters. The monoisotopic (exact) mass is 752 g/mol. The van der Waals surface area contributed by atoms with E-state index in [-0.39, 0.29) is 6.85 Å². The number of benzene rings is 8. The van der Waals surface area contributed by atoms with Crippen molar-refractivity contribution in [3.05, 3.63) is 164 Å². The zero-order valence-electron chi connectivity index (χ0n) is 31.2. The largest absolute Gasteiger partial charge is 0.455 e. The number of anilines is 5. The van der Waals surface area contributed by atoms with E-state index in [1.165, 1.54) is 48.9 Å². The molecule has 1 aromatic heterocycles. The van der Waals surface area contributed by atoms with E-state index in [2.05, 4.69) is 162 Å². The Kier molecular flexibility index (Phi) is 6.14. The molecule has 4 aliphatic heterocycles. The summed E-state index contributed by atoms with van der Waals surface area (Å²) in [5.41, 5.74) is 14.6. The highest BCUT2D eigenvalue weighted by atomic mass is 32.3. The van der Waals surface area contributed by atoms with Crippen molar-refractivity contribution in [3.8, 4) is 45.3 Å². The summed E-state index contributed by atoms with van der Waals surface area (Å²) >= 11 is 0. The van der Waals surface area contributed by atoms with Crippen LogP contribution in [0.2, 0.25) is 0 Å². The molecule has 0 aliphatic carbocycles. The maximum Gasteiger partial charge on any atom is 0.333 e. The van der Waals surface area contributed by atoms with Gasteiger partial charge in [-0.1, -0.05) is 97.1 Å². The lowest BCUT2D eigenvalue weighted by molar-refractivity contribution is 0.360.